The Morgan fingerprint density at radius 2 is 2.24 bits per heavy atom. The summed E-state index contributed by atoms with van der Waals surface area (Å²) < 4.78 is 16.7. The lowest BCUT2D eigenvalue weighted by molar-refractivity contribution is 0.0674. The van der Waals surface area contributed by atoms with Crippen molar-refractivity contribution in [1.29, 1.82) is 0 Å². The smallest absolute Gasteiger partial charge is 0.254 e. The molecule has 2 aromatic heterocycles. The third-order valence-electron chi connectivity index (χ3n) is 4.16. The standard InChI is InChI=1S/C19H24N2O4/c1-13(2)21(11-16-5-4-14(3)24-16)19(22)15-6-8-20-18(10-15)25-17-7-9-23-12-17/h4-6,8,10,13,17H,7,9,11-12H2,1-3H3. The van der Waals surface area contributed by atoms with Crippen LogP contribution in [0.15, 0.2) is 34.9 Å². The molecule has 3 rings (SSSR count). The summed E-state index contributed by atoms with van der Waals surface area (Å²) in [7, 11) is 0. The van der Waals surface area contributed by atoms with Crippen molar-refractivity contribution in [1.82, 2.24) is 9.88 Å². The van der Waals surface area contributed by atoms with Gasteiger partial charge >= 0.3 is 0 Å². The maximum Gasteiger partial charge on any atom is 0.254 e. The van der Waals surface area contributed by atoms with Gasteiger partial charge in [0.25, 0.3) is 5.91 Å². The molecule has 1 saturated heterocycles. The summed E-state index contributed by atoms with van der Waals surface area (Å²) in [6, 6.07) is 7.25. The number of amides is 1. The van der Waals surface area contributed by atoms with Gasteiger partial charge in [0.15, 0.2) is 0 Å². The lowest BCUT2D eigenvalue weighted by Gasteiger charge is -2.26. The Bertz CT molecular complexity index is 720. The van der Waals surface area contributed by atoms with Gasteiger partial charge in [-0.3, -0.25) is 4.79 Å². The Labute approximate surface area is 147 Å². The molecule has 6 heteroatoms. The van der Waals surface area contributed by atoms with E-state index in [-0.39, 0.29) is 18.1 Å². The fraction of sp³-hybridized carbons (Fsp3) is 0.474. The zero-order valence-electron chi connectivity index (χ0n) is 14.9. The first kappa shape index (κ1) is 17.5. The molecule has 1 amide bonds. The third kappa shape index (κ3) is 4.39. The van der Waals surface area contributed by atoms with Gasteiger partial charge in [0.1, 0.15) is 17.6 Å². The van der Waals surface area contributed by atoms with E-state index in [1.165, 1.54) is 0 Å². The van der Waals surface area contributed by atoms with Crippen molar-refractivity contribution in [2.75, 3.05) is 13.2 Å². The summed E-state index contributed by atoms with van der Waals surface area (Å²) in [5, 5.41) is 0. The molecule has 0 spiro atoms. The van der Waals surface area contributed by atoms with E-state index in [2.05, 4.69) is 4.98 Å². The number of furan rings is 1. The van der Waals surface area contributed by atoms with Gasteiger partial charge in [-0.05, 0) is 39.0 Å². The first-order chi connectivity index (χ1) is 12.0. The van der Waals surface area contributed by atoms with Crippen molar-refractivity contribution >= 4 is 5.91 Å². The second-order valence-electron chi connectivity index (χ2n) is 6.53. The fourth-order valence-electron chi connectivity index (χ4n) is 2.78. The summed E-state index contributed by atoms with van der Waals surface area (Å²) in [4.78, 5) is 18.9. The molecular formula is C19H24N2O4. The molecule has 0 aromatic carbocycles. The van der Waals surface area contributed by atoms with Crippen molar-refractivity contribution in [3.05, 3.63) is 47.5 Å². The van der Waals surface area contributed by atoms with Gasteiger partial charge < -0.3 is 18.8 Å². The Hall–Kier alpha value is -2.34. The Balaban J connectivity index is 1.74. The number of ether oxygens (including phenoxy) is 2. The van der Waals surface area contributed by atoms with E-state index < -0.39 is 0 Å². The minimum absolute atomic E-state index is 0.00477. The van der Waals surface area contributed by atoms with Gasteiger partial charge in [-0.2, -0.15) is 0 Å². The van der Waals surface area contributed by atoms with Crippen molar-refractivity contribution in [3.63, 3.8) is 0 Å². The van der Waals surface area contributed by atoms with Crippen LogP contribution < -0.4 is 4.74 Å². The van der Waals surface area contributed by atoms with Crippen LogP contribution in [-0.2, 0) is 11.3 Å². The van der Waals surface area contributed by atoms with Gasteiger partial charge in [0.2, 0.25) is 5.88 Å². The largest absolute Gasteiger partial charge is 0.472 e. The number of nitrogens with zero attached hydrogens (tertiary/aromatic N) is 2. The van der Waals surface area contributed by atoms with Gasteiger partial charge in [-0.1, -0.05) is 0 Å². The van der Waals surface area contributed by atoms with Crippen LogP contribution in [0, 0.1) is 6.92 Å². The summed E-state index contributed by atoms with van der Waals surface area (Å²) in [5.74, 6) is 2.00. The highest BCUT2D eigenvalue weighted by atomic mass is 16.5. The molecule has 0 aliphatic carbocycles. The molecule has 0 bridgehead atoms. The van der Waals surface area contributed by atoms with E-state index in [0.29, 0.717) is 31.2 Å². The van der Waals surface area contributed by atoms with Crippen LogP contribution in [0.3, 0.4) is 0 Å². The molecule has 0 saturated carbocycles. The van der Waals surface area contributed by atoms with Crippen LogP contribution in [0.25, 0.3) is 0 Å². The Morgan fingerprint density at radius 3 is 2.88 bits per heavy atom. The topological polar surface area (TPSA) is 64.8 Å². The molecular weight excluding hydrogens is 320 g/mol. The number of carbonyl (C=O) groups is 1. The highest BCUT2D eigenvalue weighted by Gasteiger charge is 2.22. The predicted octanol–water partition coefficient (Wildman–Crippen LogP) is 3.20. The first-order valence-corrected chi connectivity index (χ1v) is 8.59. The third-order valence-corrected chi connectivity index (χ3v) is 4.16. The second kappa shape index (κ2) is 7.70. The maximum absolute atomic E-state index is 13.0. The molecule has 0 N–H and O–H groups in total. The van der Waals surface area contributed by atoms with E-state index in [4.69, 9.17) is 13.9 Å². The highest BCUT2D eigenvalue weighted by molar-refractivity contribution is 5.94. The molecule has 1 unspecified atom stereocenters. The van der Waals surface area contributed by atoms with E-state index in [9.17, 15) is 4.79 Å². The highest BCUT2D eigenvalue weighted by Crippen LogP contribution is 2.19. The molecule has 134 valence electrons. The lowest BCUT2D eigenvalue weighted by Crippen LogP contribution is -2.36. The van der Waals surface area contributed by atoms with Gasteiger partial charge in [0, 0.05) is 30.3 Å². The predicted molar refractivity (Wildman–Crippen MR) is 92.5 cm³/mol. The van der Waals surface area contributed by atoms with E-state index >= 15 is 0 Å². The maximum atomic E-state index is 13.0. The summed E-state index contributed by atoms with van der Waals surface area (Å²) in [6.45, 7) is 7.57. The summed E-state index contributed by atoms with van der Waals surface area (Å²) in [5.41, 5.74) is 0.556. The molecule has 25 heavy (non-hydrogen) atoms. The lowest BCUT2D eigenvalue weighted by atomic mass is 10.2. The van der Waals surface area contributed by atoms with Crippen molar-refractivity contribution in [2.45, 2.75) is 45.9 Å². The Kier molecular flexibility index (Phi) is 5.38. The number of aromatic nitrogens is 1. The number of rotatable bonds is 6. The molecule has 0 radical (unpaired) electrons. The Morgan fingerprint density at radius 1 is 1.40 bits per heavy atom. The van der Waals surface area contributed by atoms with Crippen LogP contribution in [-0.4, -0.2) is 41.2 Å². The van der Waals surface area contributed by atoms with Crippen molar-refractivity contribution in [2.24, 2.45) is 0 Å². The normalized spacial score (nSPS) is 17.0. The number of carbonyl (C=O) groups excluding carboxylic acids is 1. The minimum atomic E-state index is -0.0704. The average Bonchev–Trinajstić information content (AvgIpc) is 3.24. The second-order valence-corrected chi connectivity index (χ2v) is 6.53. The molecule has 1 atom stereocenters. The van der Waals surface area contributed by atoms with Crippen LogP contribution in [0.1, 0.15) is 42.1 Å². The van der Waals surface area contributed by atoms with Crippen LogP contribution in [0.2, 0.25) is 0 Å². The molecule has 1 aliphatic rings. The van der Waals surface area contributed by atoms with E-state index in [1.807, 2.05) is 32.9 Å². The minimum Gasteiger partial charge on any atom is -0.472 e. The van der Waals surface area contributed by atoms with Gasteiger partial charge in [0.05, 0.1) is 19.8 Å². The fourth-order valence-corrected chi connectivity index (χ4v) is 2.78. The zero-order chi connectivity index (χ0) is 17.8. The van der Waals surface area contributed by atoms with E-state index in [0.717, 1.165) is 17.9 Å². The monoisotopic (exact) mass is 344 g/mol. The van der Waals surface area contributed by atoms with Gasteiger partial charge in [-0.15, -0.1) is 0 Å². The van der Waals surface area contributed by atoms with Crippen LogP contribution >= 0.6 is 0 Å². The van der Waals surface area contributed by atoms with Crippen LogP contribution in [0.4, 0.5) is 0 Å². The van der Waals surface area contributed by atoms with Gasteiger partial charge in [-0.25, -0.2) is 4.98 Å². The number of hydrogen-bond acceptors (Lipinski definition) is 5. The van der Waals surface area contributed by atoms with E-state index in [1.54, 1.807) is 23.2 Å². The van der Waals surface area contributed by atoms with Crippen molar-refractivity contribution in [3.8, 4) is 5.88 Å². The van der Waals surface area contributed by atoms with Crippen LogP contribution in [0.5, 0.6) is 5.88 Å². The molecule has 2 aromatic rings. The molecule has 1 fully saturated rings. The quantitative estimate of drug-likeness (QED) is 0.805. The number of aryl methyl sites for hydroxylation is 1. The number of hydrogen-bond donors (Lipinski definition) is 0. The molecule has 3 heterocycles. The zero-order valence-corrected chi connectivity index (χ0v) is 14.9. The SMILES string of the molecule is Cc1ccc(CN(C(=O)c2ccnc(OC3CCOC3)c2)C(C)C)o1. The molecule has 1 aliphatic heterocycles. The summed E-state index contributed by atoms with van der Waals surface area (Å²) in [6.07, 6.45) is 2.45. The first-order valence-electron chi connectivity index (χ1n) is 8.59. The average molecular weight is 344 g/mol. The number of pyridine rings is 1. The molecule has 6 nitrogen and oxygen atoms in total. The van der Waals surface area contributed by atoms with Crippen molar-refractivity contribution < 1.29 is 18.7 Å². The summed E-state index contributed by atoms with van der Waals surface area (Å²) >= 11 is 0.